The van der Waals surface area contributed by atoms with Crippen molar-refractivity contribution in [3.05, 3.63) is 39.4 Å². The summed E-state index contributed by atoms with van der Waals surface area (Å²) in [5.74, 6) is 0.645. The molecule has 13 nitrogen and oxygen atoms in total. The fourth-order valence-electron chi connectivity index (χ4n) is 11.0. The lowest BCUT2D eigenvalue weighted by molar-refractivity contribution is -0.151. The Kier molecular flexibility index (Phi) is 13.0. The Morgan fingerprint density at radius 2 is 1.69 bits per heavy atom. The van der Waals surface area contributed by atoms with Gasteiger partial charge in [-0.2, -0.15) is 5.26 Å². The maximum atomic E-state index is 14.2. The van der Waals surface area contributed by atoms with E-state index < -0.39 is 53.0 Å². The number of unbranched alkanes of at least 4 members (excludes halogenated alkanes) is 12. The van der Waals surface area contributed by atoms with E-state index in [0.717, 1.165) is 30.4 Å². The minimum atomic E-state index is -1.06. The molecule has 2 aromatic rings. The molecule has 6 unspecified atom stereocenters. The fraction of sp³-hybridized carbons (Fsp3) is 0.660. The quantitative estimate of drug-likeness (QED) is 0.0802. The summed E-state index contributed by atoms with van der Waals surface area (Å²) in [6, 6.07) is 1.70. The number of fused-ring (bicyclic) bond motifs is 9. The molecule has 330 valence electrons. The number of aryl methyl sites for hydroxylation is 1. The predicted molar refractivity (Wildman–Crippen MR) is 230 cm³/mol. The highest BCUT2D eigenvalue weighted by molar-refractivity contribution is 7.99. The molecule has 3 N–H and O–H groups in total. The maximum Gasteiger partial charge on any atom is 0.329 e. The average molecular weight is 859 g/mol. The molecule has 9 rings (SSSR count). The van der Waals surface area contributed by atoms with Crippen molar-refractivity contribution >= 4 is 29.6 Å². The number of hydrogen-bond donors (Lipinski definition) is 3. The number of thioether (sulfide) groups is 1. The lowest BCUT2D eigenvalue weighted by atomic mass is 9.71. The van der Waals surface area contributed by atoms with Crippen molar-refractivity contribution in [1.82, 2.24) is 15.5 Å². The number of carbonyl (C=O) groups is 3. The summed E-state index contributed by atoms with van der Waals surface area (Å²) in [5.41, 5.74) is 3.37. The van der Waals surface area contributed by atoms with Gasteiger partial charge in [0.05, 0.1) is 30.0 Å². The molecule has 2 aromatic carbocycles. The van der Waals surface area contributed by atoms with Gasteiger partial charge in [0.1, 0.15) is 23.9 Å². The van der Waals surface area contributed by atoms with E-state index in [4.69, 9.17) is 23.7 Å². The van der Waals surface area contributed by atoms with Crippen LogP contribution in [0.4, 0.5) is 0 Å². The van der Waals surface area contributed by atoms with Crippen LogP contribution in [0.25, 0.3) is 0 Å². The molecule has 7 aliphatic rings. The van der Waals surface area contributed by atoms with Crippen molar-refractivity contribution in [2.24, 2.45) is 0 Å². The Labute approximate surface area is 363 Å². The lowest BCUT2D eigenvalue weighted by Crippen LogP contribution is -2.71. The number of benzene rings is 2. The van der Waals surface area contributed by atoms with Crippen molar-refractivity contribution in [1.29, 1.82) is 5.26 Å². The Bertz CT molecular complexity index is 2070. The zero-order valence-electron chi connectivity index (χ0n) is 36.4. The molecule has 4 bridgehead atoms. The van der Waals surface area contributed by atoms with E-state index in [1.807, 2.05) is 19.9 Å². The summed E-state index contributed by atoms with van der Waals surface area (Å²) < 4.78 is 30.6. The third-order valence-corrected chi connectivity index (χ3v) is 15.3. The zero-order chi connectivity index (χ0) is 43.0. The number of phenols is 1. The van der Waals surface area contributed by atoms with Crippen LogP contribution < -0.4 is 29.6 Å². The molecular weight excluding hydrogens is 797 g/mol. The Balaban J connectivity index is 1.07. The van der Waals surface area contributed by atoms with Gasteiger partial charge in [-0.05, 0) is 37.8 Å². The molecule has 0 aromatic heterocycles. The number of rotatable bonds is 17. The Hall–Kier alpha value is -4.19. The van der Waals surface area contributed by atoms with Crippen molar-refractivity contribution < 1.29 is 43.2 Å². The minimum absolute atomic E-state index is 0.0404. The number of hydrogen-bond acceptors (Lipinski definition) is 13. The van der Waals surface area contributed by atoms with E-state index in [-0.39, 0.29) is 30.2 Å². The second-order valence-corrected chi connectivity index (χ2v) is 19.1. The average Bonchev–Trinajstić information content (AvgIpc) is 3.69. The first-order valence-corrected chi connectivity index (χ1v) is 23.7. The molecule has 1 amide bonds. The van der Waals surface area contributed by atoms with Gasteiger partial charge in [0, 0.05) is 59.9 Å². The number of nitrogens with zero attached hydrogens (tertiary/aromatic N) is 2. The lowest BCUT2D eigenvalue weighted by Gasteiger charge is -2.59. The molecule has 1 spiro atoms. The molecule has 1 saturated carbocycles. The first-order chi connectivity index (χ1) is 29.5. The van der Waals surface area contributed by atoms with Crippen LogP contribution in [-0.2, 0) is 31.1 Å². The van der Waals surface area contributed by atoms with Crippen LogP contribution in [0.2, 0.25) is 0 Å². The van der Waals surface area contributed by atoms with E-state index in [0.29, 0.717) is 64.5 Å². The molecule has 0 radical (unpaired) electrons. The Morgan fingerprint density at radius 3 is 2.34 bits per heavy atom. The number of ether oxygens (including phenoxy) is 5. The Morgan fingerprint density at radius 1 is 1.02 bits per heavy atom. The summed E-state index contributed by atoms with van der Waals surface area (Å²) in [5, 5.41) is 29.3. The van der Waals surface area contributed by atoms with Crippen LogP contribution in [0, 0.1) is 25.2 Å². The summed E-state index contributed by atoms with van der Waals surface area (Å²) in [6.45, 7) is 7.30. The number of nitriles is 1. The summed E-state index contributed by atoms with van der Waals surface area (Å²) in [6.07, 6.45) is 16.1. The van der Waals surface area contributed by atoms with Crippen LogP contribution >= 0.6 is 11.8 Å². The fourth-order valence-corrected chi connectivity index (χ4v) is 12.5. The third kappa shape index (κ3) is 7.92. The van der Waals surface area contributed by atoms with E-state index in [9.17, 15) is 24.8 Å². The van der Waals surface area contributed by atoms with Gasteiger partial charge in [-0.25, -0.2) is 4.79 Å². The molecule has 2 saturated heterocycles. The van der Waals surface area contributed by atoms with Gasteiger partial charge in [0.25, 0.3) is 0 Å². The molecule has 3 fully saturated rings. The number of methoxy groups -OCH3 is 1. The van der Waals surface area contributed by atoms with E-state index in [1.165, 1.54) is 90.0 Å². The number of esters is 2. The van der Waals surface area contributed by atoms with Crippen molar-refractivity contribution in [3.63, 3.8) is 0 Å². The second kappa shape index (κ2) is 18.3. The van der Waals surface area contributed by atoms with Crippen LogP contribution in [0.3, 0.4) is 0 Å². The van der Waals surface area contributed by atoms with Crippen LogP contribution in [0.5, 0.6) is 28.7 Å². The highest BCUT2D eigenvalue weighted by Crippen LogP contribution is 2.71. The molecule has 8 atom stereocenters. The first-order valence-electron chi connectivity index (χ1n) is 22.6. The minimum Gasteiger partial charge on any atom is -0.504 e. The smallest absolute Gasteiger partial charge is 0.329 e. The van der Waals surface area contributed by atoms with Gasteiger partial charge in [0.15, 0.2) is 23.0 Å². The largest absolute Gasteiger partial charge is 0.504 e. The van der Waals surface area contributed by atoms with Crippen molar-refractivity contribution in [3.8, 4) is 34.8 Å². The molecule has 14 heteroatoms. The second-order valence-electron chi connectivity index (χ2n) is 17.9. The highest BCUT2D eigenvalue weighted by Gasteiger charge is 2.74. The van der Waals surface area contributed by atoms with Crippen LogP contribution in [0.1, 0.15) is 155 Å². The molecule has 1 aliphatic carbocycles. The van der Waals surface area contributed by atoms with E-state index >= 15 is 0 Å². The summed E-state index contributed by atoms with van der Waals surface area (Å²) in [7, 11) is 1.54. The maximum absolute atomic E-state index is 14.2. The van der Waals surface area contributed by atoms with E-state index in [1.54, 1.807) is 0 Å². The summed E-state index contributed by atoms with van der Waals surface area (Å²) in [4.78, 5) is 42.8. The number of nitrogens with one attached hydrogen (secondary N) is 2. The number of carbonyl (C=O) groups excluding carboxylic acids is 3. The first kappa shape index (κ1) is 43.5. The molecule has 6 heterocycles. The van der Waals surface area contributed by atoms with Crippen molar-refractivity contribution in [2.45, 2.75) is 178 Å². The number of phenolic OH excluding ortho intramolecular Hbond substituents is 1. The van der Waals surface area contributed by atoms with E-state index in [2.05, 4.69) is 28.5 Å². The monoisotopic (exact) mass is 858 g/mol. The summed E-state index contributed by atoms with van der Waals surface area (Å²) >= 11 is 1.44. The number of aromatic hydroxyl groups is 1. The van der Waals surface area contributed by atoms with Crippen LogP contribution in [0.15, 0.2) is 6.07 Å². The normalized spacial score (nSPS) is 27.7. The standard InChI is InChI=1S/C47H62N4O9S/c1-6-7-8-9-10-11-12-13-14-15-16-17-18-19-34(53)49-31-24-61-45-36-37(44-43(57-25-58-44)27(3)42(36)59-28(4)52)47(22-33(47)60-46(31)55)51-32(23-48)30-21-29-20-26(2)41(56-5)40(54)35(29)38(50-30)39(45)51/h20,30-33,38-39,45,50,54H,6-19,21-22,24-25H2,1-5H3,(H,49,53)/t30?,31?,32-,33?,38?,39?,45+,47?/m0/s1. The number of amides is 1. The topological polar surface area (TPSA) is 169 Å². The number of piperazine rings is 1. The highest BCUT2D eigenvalue weighted by atomic mass is 32.2. The van der Waals surface area contributed by atoms with Gasteiger partial charge in [-0.3, -0.25) is 14.5 Å². The van der Waals surface area contributed by atoms with Crippen molar-refractivity contribution in [2.75, 3.05) is 19.7 Å². The molecule has 6 aliphatic heterocycles. The van der Waals surface area contributed by atoms with Crippen LogP contribution in [-0.4, -0.2) is 77.8 Å². The van der Waals surface area contributed by atoms with Gasteiger partial charge < -0.3 is 39.4 Å². The predicted octanol–water partition coefficient (Wildman–Crippen LogP) is 7.78. The SMILES string of the molecule is CCCCCCCCCCCCCCCC(=O)NC1CS[C@@H]2c3c(OC(C)=O)c(C)c4c(c3C3(CC3OC1=O)N1C2C2NC(Cc3cc(C)c(OC)c(O)c32)[C@@H]1C#N)OCO4. The molecule has 61 heavy (non-hydrogen) atoms. The van der Waals surface area contributed by atoms with Gasteiger partial charge in [0.2, 0.25) is 12.7 Å². The van der Waals surface area contributed by atoms with Gasteiger partial charge in [-0.1, -0.05) is 90.0 Å². The van der Waals surface area contributed by atoms with Gasteiger partial charge >= 0.3 is 11.9 Å². The zero-order valence-corrected chi connectivity index (χ0v) is 37.2. The molecular formula is C47H62N4O9S. The van der Waals surface area contributed by atoms with Gasteiger partial charge in [-0.15, -0.1) is 11.8 Å². The third-order valence-electron chi connectivity index (χ3n) is 13.9.